The second kappa shape index (κ2) is 6.29. The fourth-order valence-electron chi connectivity index (χ4n) is 2.91. The molecule has 0 N–H and O–H groups in total. The summed E-state index contributed by atoms with van der Waals surface area (Å²) in [5.41, 5.74) is 1.59. The number of carbonyl (C=O) groups excluding carboxylic acids is 2. The second-order valence-corrected chi connectivity index (χ2v) is 6.52. The van der Waals surface area contributed by atoms with Gasteiger partial charge in [0.25, 0.3) is 0 Å². The molecule has 1 aliphatic rings. The molecule has 0 fully saturated rings. The van der Waals surface area contributed by atoms with E-state index in [2.05, 4.69) is 6.07 Å². The first kappa shape index (κ1) is 15.5. The minimum absolute atomic E-state index is 0.00407. The van der Waals surface area contributed by atoms with Crippen molar-refractivity contribution >= 4 is 17.6 Å². The zero-order chi connectivity index (χ0) is 15.5. The van der Waals surface area contributed by atoms with Crippen molar-refractivity contribution in [3.8, 4) is 0 Å². The van der Waals surface area contributed by atoms with Gasteiger partial charge in [-0.3, -0.25) is 4.79 Å². The molecule has 0 spiro atoms. The van der Waals surface area contributed by atoms with Crippen molar-refractivity contribution in [2.45, 2.75) is 46.0 Å². The summed E-state index contributed by atoms with van der Waals surface area (Å²) in [6, 6.07) is 7.97. The van der Waals surface area contributed by atoms with Crippen LogP contribution in [0, 0.1) is 5.41 Å². The van der Waals surface area contributed by atoms with Crippen molar-refractivity contribution in [1.82, 2.24) is 0 Å². The molecule has 0 aliphatic carbocycles. The van der Waals surface area contributed by atoms with Gasteiger partial charge in [0.05, 0.1) is 0 Å². The van der Waals surface area contributed by atoms with Gasteiger partial charge in [-0.2, -0.15) is 0 Å². The summed E-state index contributed by atoms with van der Waals surface area (Å²) >= 11 is 0. The van der Waals surface area contributed by atoms with Crippen LogP contribution < -0.4 is 10.0 Å². The summed E-state index contributed by atoms with van der Waals surface area (Å²) in [6.07, 6.45) is 3.15. The molecule has 0 bridgehead atoms. The third-order valence-corrected chi connectivity index (χ3v) is 3.91. The van der Waals surface area contributed by atoms with E-state index in [1.807, 2.05) is 23.1 Å². The number of amides is 1. The number of carbonyl (C=O) groups is 2. The molecular weight excluding hydrogens is 266 g/mol. The third-order valence-electron chi connectivity index (χ3n) is 3.91. The predicted octanol–water partition coefficient (Wildman–Crippen LogP) is 1.91. The molecule has 0 saturated carbocycles. The molecule has 1 aliphatic heterocycles. The Kier molecular flexibility index (Phi) is 4.66. The lowest BCUT2D eigenvalue weighted by molar-refractivity contribution is -0.307. The molecule has 1 aromatic carbocycles. The molecule has 1 aromatic rings. The highest BCUT2D eigenvalue weighted by Gasteiger charge is 2.27. The minimum Gasteiger partial charge on any atom is -0.550 e. The van der Waals surface area contributed by atoms with Gasteiger partial charge in [-0.1, -0.05) is 32.0 Å². The lowest BCUT2D eigenvalue weighted by Crippen LogP contribution is -2.37. The Labute approximate surface area is 125 Å². The minimum atomic E-state index is -1.11. The molecule has 2 rings (SSSR count). The Morgan fingerprint density at radius 1 is 1.19 bits per heavy atom. The number of hydrogen-bond donors (Lipinski definition) is 0. The normalized spacial score (nSPS) is 15.2. The number of anilines is 1. The highest BCUT2D eigenvalue weighted by atomic mass is 16.4. The Bertz CT molecular complexity index is 537. The number of fused-ring (bicyclic) bond motifs is 1. The number of para-hydroxylation sites is 1. The Morgan fingerprint density at radius 2 is 1.90 bits per heavy atom. The van der Waals surface area contributed by atoms with Crippen molar-refractivity contribution < 1.29 is 14.7 Å². The number of benzene rings is 1. The maximum absolute atomic E-state index is 12.6. The first-order valence-corrected chi connectivity index (χ1v) is 7.47. The average molecular weight is 288 g/mol. The van der Waals surface area contributed by atoms with Crippen molar-refractivity contribution in [3.63, 3.8) is 0 Å². The summed E-state index contributed by atoms with van der Waals surface area (Å²) in [6.45, 7) is 4.30. The lowest BCUT2D eigenvalue weighted by Gasteiger charge is -2.29. The van der Waals surface area contributed by atoms with E-state index in [4.69, 9.17) is 0 Å². The summed E-state index contributed by atoms with van der Waals surface area (Å²) in [4.78, 5) is 25.2. The predicted molar refractivity (Wildman–Crippen MR) is 79.8 cm³/mol. The topological polar surface area (TPSA) is 60.4 Å². The van der Waals surface area contributed by atoms with Crippen LogP contribution in [-0.2, 0) is 16.0 Å². The van der Waals surface area contributed by atoms with Crippen LogP contribution in [0.1, 0.15) is 45.1 Å². The monoisotopic (exact) mass is 288 g/mol. The van der Waals surface area contributed by atoms with Crippen LogP contribution in [0.25, 0.3) is 0 Å². The Hall–Kier alpha value is -1.84. The van der Waals surface area contributed by atoms with Gasteiger partial charge in [-0.25, -0.2) is 0 Å². The highest BCUT2D eigenvalue weighted by Crippen LogP contribution is 2.30. The lowest BCUT2D eigenvalue weighted by atomic mass is 9.85. The summed E-state index contributed by atoms with van der Waals surface area (Å²) < 4.78 is 0. The second-order valence-electron chi connectivity index (χ2n) is 6.52. The summed E-state index contributed by atoms with van der Waals surface area (Å²) in [5, 5.41) is 10.8. The zero-order valence-electron chi connectivity index (χ0n) is 12.7. The van der Waals surface area contributed by atoms with E-state index in [0.717, 1.165) is 24.9 Å². The van der Waals surface area contributed by atoms with Crippen LogP contribution in [-0.4, -0.2) is 18.4 Å². The molecule has 1 amide bonds. The van der Waals surface area contributed by atoms with Crippen LogP contribution in [0.5, 0.6) is 0 Å². The molecule has 0 radical (unpaired) electrons. The first-order chi connectivity index (χ1) is 9.89. The van der Waals surface area contributed by atoms with Crippen LogP contribution in [0.4, 0.5) is 5.69 Å². The quantitative estimate of drug-likeness (QED) is 0.850. The van der Waals surface area contributed by atoms with E-state index in [9.17, 15) is 14.7 Å². The van der Waals surface area contributed by atoms with Crippen LogP contribution in [0.15, 0.2) is 24.3 Å². The van der Waals surface area contributed by atoms with Crippen LogP contribution in [0.2, 0.25) is 0 Å². The van der Waals surface area contributed by atoms with E-state index in [1.165, 1.54) is 5.56 Å². The highest BCUT2D eigenvalue weighted by molar-refractivity contribution is 5.94. The van der Waals surface area contributed by atoms with E-state index in [-0.39, 0.29) is 18.7 Å². The van der Waals surface area contributed by atoms with Gasteiger partial charge in [0.15, 0.2) is 0 Å². The molecule has 4 nitrogen and oxygen atoms in total. The summed E-state index contributed by atoms with van der Waals surface area (Å²) in [7, 11) is 0. The number of nitrogens with zero attached hydrogens (tertiary/aromatic N) is 1. The maximum atomic E-state index is 12.6. The number of carboxylic acid groups (broad SMARTS) is 1. The fourth-order valence-corrected chi connectivity index (χ4v) is 2.91. The van der Waals surface area contributed by atoms with E-state index in [1.54, 1.807) is 13.8 Å². The number of carboxylic acids is 1. The molecule has 0 aromatic heterocycles. The Morgan fingerprint density at radius 3 is 2.62 bits per heavy atom. The van der Waals surface area contributed by atoms with Gasteiger partial charge < -0.3 is 14.8 Å². The molecule has 21 heavy (non-hydrogen) atoms. The van der Waals surface area contributed by atoms with Gasteiger partial charge in [-0.15, -0.1) is 0 Å². The Balaban J connectivity index is 2.17. The van der Waals surface area contributed by atoms with Gasteiger partial charge >= 0.3 is 0 Å². The van der Waals surface area contributed by atoms with Gasteiger partial charge in [0, 0.05) is 24.6 Å². The standard InChI is InChI=1S/C17H23NO3/c1-17(2,12-16(20)21)11-15(19)18-10-6-5-8-13-7-3-4-9-14(13)18/h3-4,7,9H,5-6,8,10-12H2,1-2H3,(H,20,21)/p-1. The van der Waals surface area contributed by atoms with E-state index >= 15 is 0 Å². The zero-order valence-corrected chi connectivity index (χ0v) is 12.7. The van der Waals surface area contributed by atoms with Crippen LogP contribution >= 0.6 is 0 Å². The number of hydrogen-bond acceptors (Lipinski definition) is 3. The SMILES string of the molecule is CC(C)(CC(=O)[O-])CC(=O)N1CCCCc2ccccc21. The average Bonchev–Trinajstić information content (AvgIpc) is 2.58. The molecular formula is C17H22NO3-. The molecule has 114 valence electrons. The number of rotatable bonds is 4. The molecule has 4 heteroatoms. The first-order valence-electron chi connectivity index (χ1n) is 7.47. The third kappa shape index (κ3) is 4.06. The fraction of sp³-hybridized carbons (Fsp3) is 0.529. The van der Waals surface area contributed by atoms with E-state index < -0.39 is 11.4 Å². The van der Waals surface area contributed by atoms with Gasteiger partial charge in [0.2, 0.25) is 5.91 Å². The molecule has 0 saturated heterocycles. The van der Waals surface area contributed by atoms with Crippen molar-refractivity contribution in [2.75, 3.05) is 11.4 Å². The maximum Gasteiger partial charge on any atom is 0.227 e. The largest absolute Gasteiger partial charge is 0.550 e. The number of aliphatic carboxylic acids is 1. The van der Waals surface area contributed by atoms with E-state index in [0.29, 0.717) is 6.54 Å². The molecule has 1 heterocycles. The van der Waals surface area contributed by atoms with Gasteiger partial charge in [-0.05, 0) is 42.7 Å². The molecule has 0 unspecified atom stereocenters. The summed E-state index contributed by atoms with van der Waals surface area (Å²) in [5.74, 6) is -1.11. The van der Waals surface area contributed by atoms with Crippen LogP contribution in [0.3, 0.4) is 0 Å². The van der Waals surface area contributed by atoms with Crippen molar-refractivity contribution in [3.05, 3.63) is 29.8 Å². The van der Waals surface area contributed by atoms with Crippen molar-refractivity contribution in [1.29, 1.82) is 0 Å². The van der Waals surface area contributed by atoms with Crippen molar-refractivity contribution in [2.24, 2.45) is 5.41 Å². The smallest absolute Gasteiger partial charge is 0.227 e. The number of aryl methyl sites for hydroxylation is 1. The molecule has 0 atom stereocenters. The van der Waals surface area contributed by atoms with Gasteiger partial charge in [0.1, 0.15) is 0 Å².